The number of hydrogen-bond donors (Lipinski definition) is 2. The van der Waals surface area contributed by atoms with E-state index in [2.05, 4.69) is 12.3 Å². The van der Waals surface area contributed by atoms with Gasteiger partial charge in [-0.15, -0.1) is 0 Å². The lowest BCUT2D eigenvalue weighted by Crippen LogP contribution is -2.28. The van der Waals surface area contributed by atoms with Crippen molar-refractivity contribution in [2.75, 3.05) is 0 Å². The van der Waals surface area contributed by atoms with Gasteiger partial charge in [-0.3, -0.25) is 5.84 Å². The van der Waals surface area contributed by atoms with E-state index in [9.17, 15) is 0 Å². The van der Waals surface area contributed by atoms with Crippen LogP contribution in [0.15, 0.2) is 51.3 Å². The fourth-order valence-electron chi connectivity index (χ4n) is 2.19. The minimum Gasteiger partial charge on any atom is -0.464 e. The number of hydrazine groups is 1. The van der Waals surface area contributed by atoms with E-state index in [0.717, 1.165) is 34.7 Å². The Bertz CT molecular complexity index is 651. The van der Waals surface area contributed by atoms with Gasteiger partial charge >= 0.3 is 0 Å². The van der Waals surface area contributed by atoms with E-state index < -0.39 is 0 Å². The third-order valence-corrected chi connectivity index (χ3v) is 3.21. The topological polar surface area (TPSA) is 64.3 Å². The maximum atomic E-state index is 5.82. The smallest absolute Gasteiger partial charge is 0.137 e. The maximum Gasteiger partial charge on any atom is 0.137 e. The van der Waals surface area contributed by atoms with Crippen molar-refractivity contribution in [1.82, 2.24) is 5.43 Å². The number of nitrogens with two attached hydrogens (primary N) is 1. The highest BCUT2D eigenvalue weighted by Crippen LogP contribution is 2.28. The van der Waals surface area contributed by atoms with E-state index in [0.29, 0.717) is 0 Å². The van der Waals surface area contributed by atoms with Gasteiger partial charge in [0.25, 0.3) is 0 Å². The maximum absolute atomic E-state index is 5.82. The van der Waals surface area contributed by atoms with E-state index in [1.165, 1.54) is 0 Å². The molecule has 98 valence electrons. The van der Waals surface area contributed by atoms with E-state index in [1.54, 1.807) is 0 Å². The van der Waals surface area contributed by atoms with Gasteiger partial charge in [0, 0.05) is 11.8 Å². The Kier molecular flexibility index (Phi) is 3.11. The molecular formula is C15H16N2O2. The van der Waals surface area contributed by atoms with Gasteiger partial charge in [-0.25, -0.2) is 5.43 Å². The number of para-hydroxylation sites is 1. The predicted octanol–water partition coefficient (Wildman–Crippen LogP) is 3.14. The van der Waals surface area contributed by atoms with Gasteiger partial charge in [0.2, 0.25) is 0 Å². The third kappa shape index (κ3) is 2.16. The second-order valence-electron chi connectivity index (χ2n) is 4.44. The zero-order valence-corrected chi connectivity index (χ0v) is 10.7. The summed E-state index contributed by atoms with van der Waals surface area (Å²) in [5, 5.41) is 1.06. The summed E-state index contributed by atoms with van der Waals surface area (Å²) in [5.41, 5.74) is 3.59. The number of fused-ring (bicyclic) bond motifs is 1. The molecule has 0 aliphatic carbocycles. The second-order valence-corrected chi connectivity index (χ2v) is 4.44. The van der Waals surface area contributed by atoms with Crippen LogP contribution in [-0.4, -0.2) is 0 Å². The molecule has 0 spiro atoms. The quantitative estimate of drug-likeness (QED) is 0.556. The van der Waals surface area contributed by atoms with Crippen LogP contribution in [0.2, 0.25) is 0 Å². The molecule has 3 rings (SSSR count). The largest absolute Gasteiger partial charge is 0.464 e. The Hall–Kier alpha value is -2.04. The first-order valence-electron chi connectivity index (χ1n) is 6.35. The van der Waals surface area contributed by atoms with Crippen LogP contribution in [0.1, 0.15) is 30.2 Å². The summed E-state index contributed by atoms with van der Waals surface area (Å²) in [5.74, 6) is 8.09. The normalized spacial score (nSPS) is 12.9. The first-order valence-corrected chi connectivity index (χ1v) is 6.35. The van der Waals surface area contributed by atoms with E-state index in [-0.39, 0.29) is 6.04 Å². The highest BCUT2D eigenvalue weighted by Gasteiger charge is 2.20. The summed E-state index contributed by atoms with van der Waals surface area (Å²) in [7, 11) is 0. The minimum absolute atomic E-state index is 0.271. The van der Waals surface area contributed by atoms with Crippen LogP contribution in [0, 0.1) is 0 Å². The predicted molar refractivity (Wildman–Crippen MR) is 73.5 cm³/mol. The fraction of sp³-hybridized carbons (Fsp3) is 0.200. The molecule has 1 unspecified atom stereocenters. The summed E-state index contributed by atoms with van der Waals surface area (Å²) in [6.45, 7) is 2.05. The molecule has 3 aromatic rings. The van der Waals surface area contributed by atoms with Crippen molar-refractivity contribution in [3.63, 3.8) is 0 Å². The number of furan rings is 2. The molecule has 1 aromatic carbocycles. The molecule has 4 nitrogen and oxygen atoms in total. The summed E-state index contributed by atoms with van der Waals surface area (Å²) < 4.78 is 11.5. The van der Waals surface area contributed by atoms with Crippen molar-refractivity contribution >= 4 is 11.0 Å². The number of hydrogen-bond acceptors (Lipinski definition) is 4. The lowest BCUT2D eigenvalue weighted by Gasteiger charge is -2.09. The Morgan fingerprint density at radius 3 is 2.63 bits per heavy atom. The molecule has 0 bridgehead atoms. The van der Waals surface area contributed by atoms with Crippen molar-refractivity contribution in [3.05, 3.63) is 59.7 Å². The van der Waals surface area contributed by atoms with Gasteiger partial charge < -0.3 is 8.83 Å². The summed E-state index contributed by atoms with van der Waals surface area (Å²) >= 11 is 0. The van der Waals surface area contributed by atoms with Gasteiger partial charge in [0.15, 0.2) is 0 Å². The molecule has 19 heavy (non-hydrogen) atoms. The van der Waals surface area contributed by atoms with Gasteiger partial charge in [-0.05, 0) is 24.3 Å². The molecule has 0 aliphatic rings. The van der Waals surface area contributed by atoms with E-state index in [1.807, 2.05) is 42.5 Å². The summed E-state index contributed by atoms with van der Waals surface area (Å²) in [6.07, 6.45) is 0.859. The minimum atomic E-state index is -0.271. The monoisotopic (exact) mass is 256 g/mol. The average Bonchev–Trinajstić information content (AvgIpc) is 3.05. The van der Waals surface area contributed by atoms with Crippen LogP contribution in [0.25, 0.3) is 11.0 Å². The second kappa shape index (κ2) is 4.91. The Morgan fingerprint density at radius 1 is 1.11 bits per heavy atom. The Balaban J connectivity index is 2.01. The fourth-order valence-corrected chi connectivity index (χ4v) is 2.19. The van der Waals surface area contributed by atoms with Crippen molar-refractivity contribution in [1.29, 1.82) is 0 Å². The Morgan fingerprint density at radius 2 is 1.95 bits per heavy atom. The number of nitrogens with one attached hydrogen (secondary N) is 1. The van der Waals surface area contributed by atoms with Crippen molar-refractivity contribution in [2.24, 2.45) is 5.84 Å². The molecule has 0 fully saturated rings. The molecule has 0 aliphatic heterocycles. The molecule has 0 radical (unpaired) electrons. The highest BCUT2D eigenvalue weighted by molar-refractivity contribution is 5.77. The molecule has 1 atom stereocenters. The molecular weight excluding hydrogens is 240 g/mol. The van der Waals surface area contributed by atoms with Gasteiger partial charge in [0.05, 0.1) is 0 Å². The van der Waals surface area contributed by atoms with E-state index >= 15 is 0 Å². The number of aryl methyl sites for hydroxylation is 1. The third-order valence-electron chi connectivity index (χ3n) is 3.21. The van der Waals surface area contributed by atoms with Crippen molar-refractivity contribution in [3.8, 4) is 0 Å². The summed E-state index contributed by atoms with van der Waals surface area (Å²) in [4.78, 5) is 0. The number of rotatable bonds is 4. The molecule has 2 heterocycles. The SMILES string of the molecule is CCc1ccc(C(NN)c2cc3ccccc3o2)o1. The average molecular weight is 256 g/mol. The van der Waals surface area contributed by atoms with Crippen molar-refractivity contribution < 1.29 is 8.83 Å². The van der Waals surface area contributed by atoms with Crippen LogP contribution in [0.3, 0.4) is 0 Å². The molecule has 0 saturated heterocycles. The highest BCUT2D eigenvalue weighted by atomic mass is 16.4. The van der Waals surface area contributed by atoms with E-state index in [4.69, 9.17) is 14.7 Å². The zero-order valence-electron chi connectivity index (χ0n) is 10.7. The first-order chi connectivity index (χ1) is 9.31. The standard InChI is InChI=1S/C15H16N2O2/c1-2-11-7-8-13(18-11)15(17-16)14-9-10-5-3-4-6-12(10)19-14/h3-9,15,17H,2,16H2,1H3. The van der Waals surface area contributed by atoms with Gasteiger partial charge in [-0.1, -0.05) is 25.1 Å². The molecule has 3 N–H and O–H groups in total. The van der Waals surface area contributed by atoms with Crippen LogP contribution < -0.4 is 11.3 Å². The lowest BCUT2D eigenvalue weighted by atomic mass is 10.1. The van der Waals surface area contributed by atoms with Crippen LogP contribution in [0.4, 0.5) is 0 Å². The lowest BCUT2D eigenvalue weighted by molar-refractivity contribution is 0.389. The zero-order chi connectivity index (χ0) is 13.2. The first kappa shape index (κ1) is 12.0. The Labute approximate surface area is 111 Å². The van der Waals surface area contributed by atoms with Crippen molar-refractivity contribution in [2.45, 2.75) is 19.4 Å². The molecule has 0 saturated carbocycles. The van der Waals surface area contributed by atoms with Crippen LogP contribution >= 0.6 is 0 Å². The molecule has 0 amide bonds. The van der Waals surface area contributed by atoms with Gasteiger partial charge in [0.1, 0.15) is 28.9 Å². The van der Waals surface area contributed by atoms with Crippen LogP contribution in [0.5, 0.6) is 0 Å². The molecule has 2 aromatic heterocycles. The molecule has 4 heteroatoms. The van der Waals surface area contributed by atoms with Crippen LogP contribution in [-0.2, 0) is 6.42 Å². The summed E-state index contributed by atoms with van der Waals surface area (Å²) in [6, 6.07) is 13.5. The van der Waals surface area contributed by atoms with Gasteiger partial charge in [-0.2, -0.15) is 0 Å². The number of benzene rings is 1.